The van der Waals surface area contributed by atoms with Crippen molar-refractivity contribution in [2.45, 2.75) is 13.0 Å². The first kappa shape index (κ1) is 12.0. The molecule has 4 N–H and O–H groups in total. The van der Waals surface area contributed by atoms with Crippen LogP contribution in [0.4, 0.5) is 10.1 Å². The average Bonchev–Trinajstić information content (AvgIpc) is 2.16. The molecule has 0 bridgehead atoms. The average molecular weight is 226 g/mol. The van der Waals surface area contributed by atoms with Gasteiger partial charge in [-0.1, -0.05) is 0 Å². The third-order valence-electron chi connectivity index (χ3n) is 1.92. The predicted molar refractivity (Wildman–Crippen MR) is 54.9 cm³/mol. The van der Waals surface area contributed by atoms with Crippen LogP contribution in [0.1, 0.15) is 17.3 Å². The summed E-state index contributed by atoms with van der Waals surface area (Å²) in [4.78, 5) is 22.1. The molecule has 5 nitrogen and oxygen atoms in total. The van der Waals surface area contributed by atoms with E-state index in [1.165, 1.54) is 13.0 Å². The van der Waals surface area contributed by atoms with Gasteiger partial charge in [-0.2, -0.15) is 0 Å². The third kappa shape index (κ3) is 2.69. The minimum absolute atomic E-state index is 0.00509. The van der Waals surface area contributed by atoms with Gasteiger partial charge in [0.15, 0.2) is 6.10 Å². The molecule has 6 heteroatoms. The van der Waals surface area contributed by atoms with Crippen LogP contribution in [0.3, 0.4) is 0 Å². The van der Waals surface area contributed by atoms with Gasteiger partial charge in [0, 0.05) is 5.69 Å². The Hall–Kier alpha value is -2.11. The fraction of sp³-hybridized carbons (Fsp3) is 0.200. The van der Waals surface area contributed by atoms with Gasteiger partial charge in [-0.15, -0.1) is 0 Å². The van der Waals surface area contributed by atoms with Crippen LogP contribution >= 0.6 is 0 Å². The second-order valence-electron chi connectivity index (χ2n) is 3.18. The first-order chi connectivity index (χ1) is 7.41. The number of esters is 1. The Morgan fingerprint density at radius 2 is 2.06 bits per heavy atom. The lowest BCUT2D eigenvalue weighted by molar-refractivity contribution is -0.125. The van der Waals surface area contributed by atoms with E-state index in [9.17, 15) is 14.0 Å². The zero-order valence-corrected chi connectivity index (χ0v) is 8.57. The highest BCUT2D eigenvalue weighted by Crippen LogP contribution is 2.15. The van der Waals surface area contributed by atoms with E-state index in [4.69, 9.17) is 16.2 Å². The van der Waals surface area contributed by atoms with E-state index in [1.54, 1.807) is 0 Å². The maximum atomic E-state index is 12.7. The summed E-state index contributed by atoms with van der Waals surface area (Å²) in [6.45, 7) is 1.33. The van der Waals surface area contributed by atoms with Crippen LogP contribution in [0.15, 0.2) is 18.2 Å². The van der Waals surface area contributed by atoms with Crippen molar-refractivity contribution in [2.24, 2.45) is 5.73 Å². The molecule has 1 aromatic carbocycles. The summed E-state index contributed by atoms with van der Waals surface area (Å²) in [5, 5.41) is 0. The van der Waals surface area contributed by atoms with Gasteiger partial charge >= 0.3 is 5.97 Å². The molecule has 16 heavy (non-hydrogen) atoms. The highest BCUT2D eigenvalue weighted by molar-refractivity contribution is 5.96. The minimum atomic E-state index is -1.06. The van der Waals surface area contributed by atoms with E-state index in [0.717, 1.165) is 12.1 Å². The van der Waals surface area contributed by atoms with E-state index in [0.29, 0.717) is 0 Å². The van der Waals surface area contributed by atoms with E-state index in [2.05, 4.69) is 0 Å². The van der Waals surface area contributed by atoms with E-state index in [-0.39, 0.29) is 11.3 Å². The molecule has 0 aromatic heterocycles. The second kappa shape index (κ2) is 4.61. The molecular formula is C10H11FN2O3. The van der Waals surface area contributed by atoms with E-state index >= 15 is 0 Å². The Labute approximate surface area is 91.2 Å². The number of nitrogen functional groups attached to an aromatic ring is 1. The Balaban J connectivity index is 2.85. The first-order valence-electron chi connectivity index (χ1n) is 4.47. The number of hydrogen-bond acceptors (Lipinski definition) is 4. The summed E-state index contributed by atoms with van der Waals surface area (Å²) < 4.78 is 17.4. The number of amides is 1. The van der Waals surface area contributed by atoms with Crippen molar-refractivity contribution in [1.82, 2.24) is 0 Å². The quantitative estimate of drug-likeness (QED) is 0.577. The van der Waals surface area contributed by atoms with Crippen molar-refractivity contribution in [1.29, 1.82) is 0 Å². The molecule has 0 fully saturated rings. The number of anilines is 1. The van der Waals surface area contributed by atoms with Gasteiger partial charge < -0.3 is 16.2 Å². The van der Waals surface area contributed by atoms with Crippen LogP contribution in [-0.4, -0.2) is 18.0 Å². The summed E-state index contributed by atoms with van der Waals surface area (Å²) in [7, 11) is 0. The predicted octanol–water partition coefficient (Wildman–Crippen LogP) is 0.439. The molecule has 0 heterocycles. The molecule has 1 aromatic rings. The molecule has 0 aliphatic rings. The van der Waals surface area contributed by atoms with E-state index in [1.807, 2.05) is 0 Å². The maximum absolute atomic E-state index is 12.7. The number of rotatable bonds is 3. The van der Waals surface area contributed by atoms with Gasteiger partial charge in [-0.25, -0.2) is 9.18 Å². The molecular weight excluding hydrogens is 215 g/mol. The topological polar surface area (TPSA) is 95.4 Å². The van der Waals surface area contributed by atoms with Crippen LogP contribution < -0.4 is 11.5 Å². The summed E-state index contributed by atoms with van der Waals surface area (Å²) in [6.07, 6.45) is -1.06. The standard InChI is InChI=1S/C10H11FN2O3/c1-5(9(13)14)16-10(15)7-3-2-6(11)4-8(7)12/h2-5H,12H2,1H3,(H2,13,14). The number of ether oxygens (including phenoxy) is 1. The van der Waals surface area contributed by atoms with Gasteiger partial charge in [0.2, 0.25) is 0 Å². The largest absolute Gasteiger partial charge is 0.449 e. The van der Waals surface area contributed by atoms with Gasteiger partial charge in [0.05, 0.1) is 5.56 Å². The Morgan fingerprint density at radius 1 is 1.44 bits per heavy atom. The van der Waals surface area contributed by atoms with Crippen molar-refractivity contribution >= 4 is 17.6 Å². The van der Waals surface area contributed by atoms with Gasteiger partial charge in [0.1, 0.15) is 5.82 Å². The molecule has 0 aliphatic carbocycles. The lowest BCUT2D eigenvalue weighted by Gasteiger charge is -2.10. The summed E-state index contributed by atoms with van der Waals surface area (Å²) in [5.74, 6) is -2.14. The SMILES string of the molecule is CC(OC(=O)c1ccc(F)cc1N)C(N)=O. The van der Waals surface area contributed by atoms with Crippen molar-refractivity contribution in [3.05, 3.63) is 29.6 Å². The molecule has 86 valence electrons. The van der Waals surface area contributed by atoms with Crippen molar-refractivity contribution in [2.75, 3.05) is 5.73 Å². The molecule has 1 amide bonds. The zero-order chi connectivity index (χ0) is 12.3. The van der Waals surface area contributed by atoms with Gasteiger partial charge in [0.25, 0.3) is 5.91 Å². The Bertz CT molecular complexity index is 434. The van der Waals surface area contributed by atoms with E-state index < -0.39 is 23.8 Å². The number of hydrogen-bond donors (Lipinski definition) is 2. The molecule has 0 radical (unpaired) electrons. The van der Waals surface area contributed by atoms with Crippen LogP contribution in [0.2, 0.25) is 0 Å². The Morgan fingerprint density at radius 3 is 2.56 bits per heavy atom. The Kier molecular flexibility index (Phi) is 3.44. The number of primary amides is 1. The highest BCUT2D eigenvalue weighted by atomic mass is 19.1. The van der Waals surface area contributed by atoms with Gasteiger partial charge in [-0.3, -0.25) is 4.79 Å². The van der Waals surface area contributed by atoms with Crippen LogP contribution in [0.25, 0.3) is 0 Å². The smallest absolute Gasteiger partial charge is 0.341 e. The lowest BCUT2D eigenvalue weighted by atomic mass is 10.2. The fourth-order valence-electron chi connectivity index (χ4n) is 1.00. The van der Waals surface area contributed by atoms with Crippen molar-refractivity contribution in [3.8, 4) is 0 Å². The number of halogens is 1. The summed E-state index contributed by atoms with van der Waals surface area (Å²) >= 11 is 0. The molecule has 1 unspecified atom stereocenters. The van der Waals surface area contributed by atoms with Crippen LogP contribution in [0.5, 0.6) is 0 Å². The van der Waals surface area contributed by atoms with Gasteiger partial charge in [-0.05, 0) is 25.1 Å². The third-order valence-corrected chi connectivity index (χ3v) is 1.92. The zero-order valence-electron chi connectivity index (χ0n) is 8.57. The molecule has 0 spiro atoms. The van der Waals surface area contributed by atoms with Crippen molar-refractivity contribution in [3.63, 3.8) is 0 Å². The molecule has 1 atom stereocenters. The highest BCUT2D eigenvalue weighted by Gasteiger charge is 2.18. The summed E-state index contributed by atoms with van der Waals surface area (Å²) in [5.41, 5.74) is 10.3. The monoisotopic (exact) mass is 226 g/mol. The molecule has 0 saturated carbocycles. The minimum Gasteiger partial charge on any atom is -0.449 e. The lowest BCUT2D eigenvalue weighted by Crippen LogP contribution is -2.30. The molecule has 0 saturated heterocycles. The normalized spacial score (nSPS) is 11.9. The molecule has 1 rings (SSSR count). The molecule has 0 aliphatic heterocycles. The first-order valence-corrected chi connectivity index (χ1v) is 4.47. The fourth-order valence-corrected chi connectivity index (χ4v) is 1.00. The number of nitrogens with two attached hydrogens (primary N) is 2. The van der Waals surface area contributed by atoms with Crippen LogP contribution in [0, 0.1) is 5.82 Å². The van der Waals surface area contributed by atoms with Crippen molar-refractivity contribution < 1.29 is 18.7 Å². The number of benzene rings is 1. The van der Waals surface area contributed by atoms with Crippen LogP contribution in [-0.2, 0) is 9.53 Å². The summed E-state index contributed by atoms with van der Waals surface area (Å²) in [6, 6.07) is 3.24. The number of carbonyl (C=O) groups excluding carboxylic acids is 2. The number of carbonyl (C=O) groups is 2. The maximum Gasteiger partial charge on any atom is 0.341 e. The second-order valence-corrected chi connectivity index (χ2v) is 3.18.